The molecule has 2 nitrogen and oxygen atoms in total. The third-order valence-electron chi connectivity index (χ3n) is 2.36. The Morgan fingerprint density at radius 1 is 1.62 bits per heavy atom. The molecule has 0 amide bonds. The lowest BCUT2D eigenvalue weighted by Gasteiger charge is -2.14. The molecule has 2 rings (SSSR count). The summed E-state index contributed by atoms with van der Waals surface area (Å²) in [5, 5.41) is 0.682. The van der Waals surface area contributed by atoms with Gasteiger partial charge in [-0.05, 0) is 12.0 Å². The molecule has 0 bridgehead atoms. The van der Waals surface area contributed by atoms with E-state index in [-0.39, 0.29) is 5.78 Å². The van der Waals surface area contributed by atoms with Crippen molar-refractivity contribution in [1.29, 1.82) is 0 Å². The molecule has 1 atom stereocenters. The van der Waals surface area contributed by atoms with Crippen LogP contribution in [0.4, 0.5) is 0 Å². The van der Waals surface area contributed by atoms with Crippen molar-refractivity contribution < 1.29 is 9.21 Å². The molecule has 1 heterocycles. The summed E-state index contributed by atoms with van der Waals surface area (Å²) in [4.78, 5) is 11.5. The van der Waals surface area contributed by atoms with Gasteiger partial charge in [-0.3, -0.25) is 4.79 Å². The lowest BCUT2D eigenvalue weighted by atomic mass is 9.89. The quantitative estimate of drug-likeness (QED) is 0.710. The Balaban J connectivity index is 2.40. The third kappa shape index (κ3) is 1.57. The number of carbonyl (C=O) groups excluding carboxylic acids is 1. The predicted octanol–water partition coefficient (Wildman–Crippen LogP) is 2.94. The average molecular weight is 243 g/mol. The Morgan fingerprint density at radius 3 is 3.08 bits per heavy atom. The maximum atomic E-state index is 11.5. The highest BCUT2D eigenvalue weighted by Crippen LogP contribution is 2.28. The van der Waals surface area contributed by atoms with Gasteiger partial charge in [0.15, 0.2) is 5.78 Å². The lowest BCUT2D eigenvalue weighted by Crippen LogP contribution is -2.15. The minimum Gasteiger partial charge on any atom is -0.464 e. The molecule has 0 spiro atoms. The van der Waals surface area contributed by atoms with E-state index in [1.54, 1.807) is 0 Å². The largest absolute Gasteiger partial charge is 0.464 e. The van der Waals surface area contributed by atoms with Crippen LogP contribution in [0.2, 0.25) is 0 Å². The Kier molecular flexibility index (Phi) is 2.28. The van der Waals surface area contributed by atoms with Crippen LogP contribution in [-0.2, 0) is 11.8 Å². The van der Waals surface area contributed by atoms with Gasteiger partial charge in [-0.1, -0.05) is 22.9 Å². The van der Waals surface area contributed by atoms with E-state index < -0.39 is 0 Å². The molecule has 0 aromatic carbocycles. The lowest BCUT2D eigenvalue weighted by molar-refractivity contribution is 0.0949. The molecular weight excluding hydrogens is 232 g/mol. The van der Waals surface area contributed by atoms with E-state index in [0.29, 0.717) is 17.7 Å². The fourth-order valence-electron chi connectivity index (χ4n) is 1.75. The molecule has 1 aromatic heterocycles. The van der Waals surface area contributed by atoms with Gasteiger partial charge in [0.1, 0.15) is 11.5 Å². The van der Waals surface area contributed by atoms with Gasteiger partial charge in [-0.15, -0.1) is 0 Å². The SMILES string of the molecule is CC1CC(=O)c2cc(CBr)oc2C1. The van der Waals surface area contributed by atoms with Crippen LogP contribution in [0.25, 0.3) is 0 Å². The molecule has 0 N–H and O–H groups in total. The molecule has 70 valence electrons. The van der Waals surface area contributed by atoms with Gasteiger partial charge >= 0.3 is 0 Å². The highest BCUT2D eigenvalue weighted by Gasteiger charge is 2.25. The first-order chi connectivity index (χ1) is 6.20. The Morgan fingerprint density at radius 2 is 2.38 bits per heavy atom. The van der Waals surface area contributed by atoms with E-state index >= 15 is 0 Å². The number of halogens is 1. The summed E-state index contributed by atoms with van der Waals surface area (Å²) in [6, 6.07) is 1.86. The Bertz CT molecular complexity index is 341. The fourth-order valence-corrected chi connectivity index (χ4v) is 2.03. The first-order valence-corrected chi connectivity index (χ1v) is 5.53. The Labute approximate surface area is 85.4 Å². The summed E-state index contributed by atoms with van der Waals surface area (Å²) in [5.74, 6) is 2.38. The van der Waals surface area contributed by atoms with E-state index in [0.717, 1.165) is 23.5 Å². The second-order valence-corrected chi connectivity index (χ2v) is 4.18. The summed E-state index contributed by atoms with van der Waals surface area (Å²) in [5.41, 5.74) is 0.799. The highest BCUT2D eigenvalue weighted by molar-refractivity contribution is 9.08. The molecule has 0 fully saturated rings. The second kappa shape index (κ2) is 3.29. The fraction of sp³-hybridized carbons (Fsp3) is 0.500. The van der Waals surface area contributed by atoms with E-state index in [9.17, 15) is 4.79 Å². The van der Waals surface area contributed by atoms with Crippen LogP contribution in [0.3, 0.4) is 0 Å². The first-order valence-electron chi connectivity index (χ1n) is 4.41. The molecule has 1 unspecified atom stereocenters. The zero-order chi connectivity index (χ0) is 9.42. The Hall–Kier alpha value is -0.570. The molecule has 0 aliphatic heterocycles. The van der Waals surface area contributed by atoms with Gasteiger partial charge in [0.25, 0.3) is 0 Å². The van der Waals surface area contributed by atoms with Gasteiger partial charge in [0.2, 0.25) is 0 Å². The van der Waals surface area contributed by atoms with Crippen LogP contribution in [-0.4, -0.2) is 5.78 Å². The van der Waals surface area contributed by atoms with Crippen LogP contribution in [0.1, 0.15) is 35.2 Å². The van der Waals surface area contributed by atoms with Crippen molar-refractivity contribution in [1.82, 2.24) is 0 Å². The standard InChI is InChI=1S/C10H11BrO2/c1-6-2-9(12)8-4-7(5-11)13-10(8)3-6/h4,6H,2-3,5H2,1H3. The second-order valence-electron chi connectivity index (χ2n) is 3.62. The first kappa shape index (κ1) is 9.00. The van der Waals surface area contributed by atoms with Crippen LogP contribution in [0.5, 0.6) is 0 Å². The summed E-state index contributed by atoms with van der Waals surface area (Å²) in [6.07, 6.45) is 1.56. The van der Waals surface area contributed by atoms with E-state index in [4.69, 9.17) is 4.42 Å². The maximum absolute atomic E-state index is 11.5. The molecule has 0 saturated carbocycles. The number of furan rings is 1. The van der Waals surface area contributed by atoms with E-state index in [2.05, 4.69) is 22.9 Å². The van der Waals surface area contributed by atoms with Crippen molar-refractivity contribution in [2.75, 3.05) is 0 Å². The van der Waals surface area contributed by atoms with Crippen molar-refractivity contribution in [2.45, 2.75) is 25.1 Å². The molecule has 0 radical (unpaired) electrons. The van der Waals surface area contributed by atoms with Crippen molar-refractivity contribution in [3.63, 3.8) is 0 Å². The number of alkyl halides is 1. The number of carbonyl (C=O) groups is 1. The van der Waals surface area contributed by atoms with Gasteiger partial charge in [-0.25, -0.2) is 0 Å². The van der Waals surface area contributed by atoms with Crippen molar-refractivity contribution in [2.24, 2.45) is 5.92 Å². The van der Waals surface area contributed by atoms with E-state index in [1.807, 2.05) is 6.07 Å². The number of rotatable bonds is 1. The van der Waals surface area contributed by atoms with E-state index in [1.165, 1.54) is 0 Å². The van der Waals surface area contributed by atoms with Gasteiger partial charge in [-0.2, -0.15) is 0 Å². The van der Waals surface area contributed by atoms with Gasteiger partial charge < -0.3 is 4.42 Å². The summed E-state index contributed by atoms with van der Waals surface area (Å²) in [6.45, 7) is 2.08. The minimum atomic E-state index is 0.227. The number of fused-ring (bicyclic) bond motifs is 1. The number of hydrogen-bond acceptors (Lipinski definition) is 2. The molecule has 1 aromatic rings. The molecule has 1 aliphatic carbocycles. The van der Waals surface area contributed by atoms with Crippen molar-refractivity contribution in [3.8, 4) is 0 Å². The van der Waals surface area contributed by atoms with Gasteiger partial charge in [0, 0.05) is 12.8 Å². The number of hydrogen-bond donors (Lipinski definition) is 0. The average Bonchev–Trinajstić information content (AvgIpc) is 2.47. The van der Waals surface area contributed by atoms with Gasteiger partial charge in [0.05, 0.1) is 10.9 Å². The zero-order valence-corrected chi connectivity index (χ0v) is 9.06. The van der Waals surface area contributed by atoms with Crippen molar-refractivity contribution in [3.05, 3.63) is 23.2 Å². The minimum absolute atomic E-state index is 0.227. The van der Waals surface area contributed by atoms with Crippen LogP contribution >= 0.6 is 15.9 Å². The summed E-state index contributed by atoms with van der Waals surface area (Å²) in [7, 11) is 0. The molecule has 0 saturated heterocycles. The highest BCUT2D eigenvalue weighted by atomic mass is 79.9. The summed E-state index contributed by atoms with van der Waals surface area (Å²) < 4.78 is 5.53. The molecule has 3 heteroatoms. The smallest absolute Gasteiger partial charge is 0.166 e. The molecular formula is C10H11BrO2. The number of Topliss-reactive ketones (excluding diaryl/α,β-unsaturated/α-hetero) is 1. The number of ketones is 1. The molecule has 13 heavy (non-hydrogen) atoms. The van der Waals surface area contributed by atoms with Crippen LogP contribution < -0.4 is 0 Å². The van der Waals surface area contributed by atoms with Crippen molar-refractivity contribution >= 4 is 21.7 Å². The summed E-state index contributed by atoms with van der Waals surface area (Å²) >= 11 is 3.31. The monoisotopic (exact) mass is 242 g/mol. The zero-order valence-electron chi connectivity index (χ0n) is 7.47. The van der Waals surface area contributed by atoms with Crippen LogP contribution in [0, 0.1) is 5.92 Å². The maximum Gasteiger partial charge on any atom is 0.166 e. The normalized spacial score (nSPS) is 21.7. The third-order valence-corrected chi connectivity index (χ3v) is 2.91. The van der Waals surface area contributed by atoms with Crippen LogP contribution in [0.15, 0.2) is 10.5 Å². The topological polar surface area (TPSA) is 30.2 Å². The molecule has 1 aliphatic rings. The predicted molar refractivity (Wildman–Crippen MR) is 53.2 cm³/mol.